The van der Waals surface area contributed by atoms with Gasteiger partial charge in [0, 0.05) is 25.8 Å². The Kier molecular flexibility index (Phi) is 5.91. The average molecular weight is 256 g/mol. The monoisotopic (exact) mass is 256 g/mol. The maximum atomic E-state index is 12.4. The summed E-state index contributed by atoms with van der Waals surface area (Å²) < 4.78 is 0. The Hall–Kier alpha value is -2.53. The van der Waals surface area contributed by atoms with Gasteiger partial charge in [-0.3, -0.25) is 4.79 Å². The van der Waals surface area contributed by atoms with E-state index in [0.717, 1.165) is 5.69 Å². The number of hydrogen-bond donors (Lipinski definition) is 1. The van der Waals surface area contributed by atoms with Crippen LogP contribution in [0.4, 0.5) is 5.69 Å². The fourth-order valence-corrected chi connectivity index (χ4v) is 1.74. The number of para-hydroxylation sites is 1. The van der Waals surface area contributed by atoms with Crippen LogP contribution >= 0.6 is 0 Å². The third-order valence-electron chi connectivity index (χ3n) is 2.70. The predicted octanol–water partition coefficient (Wildman–Crippen LogP) is 2.00. The lowest BCUT2D eigenvalue weighted by molar-refractivity contribution is 0.0763. The van der Waals surface area contributed by atoms with E-state index in [4.69, 9.17) is 10.5 Å². The van der Waals surface area contributed by atoms with E-state index < -0.39 is 0 Å². The molecule has 1 amide bonds. The van der Waals surface area contributed by atoms with Crippen LogP contribution in [0.5, 0.6) is 0 Å². The van der Waals surface area contributed by atoms with Gasteiger partial charge in [0.25, 0.3) is 5.91 Å². The fourth-order valence-electron chi connectivity index (χ4n) is 1.74. The number of nitriles is 2. The van der Waals surface area contributed by atoms with Crippen molar-refractivity contribution in [2.24, 2.45) is 0 Å². The molecule has 19 heavy (non-hydrogen) atoms. The Morgan fingerprint density at radius 1 is 1.21 bits per heavy atom. The normalized spacial score (nSPS) is 9.21. The molecule has 1 aromatic carbocycles. The van der Waals surface area contributed by atoms with Gasteiger partial charge in [-0.1, -0.05) is 12.1 Å². The molecule has 0 saturated carbocycles. The average Bonchev–Trinajstić information content (AvgIpc) is 2.46. The molecule has 0 radical (unpaired) electrons. The quantitative estimate of drug-likeness (QED) is 0.844. The predicted molar refractivity (Wildman–Crippen MR) is 72.4 cm³/mol. The molecule has 0 aliphatic heterocycles. The third kappa shape index (κ3) is 4.01. The highest BCUT2D eigenvalue weighted by molar-refractivity contribution is 5.99. The molecule has 0 heterocycles. The van der Waals surface area contributed by atoms with Gasteiger partial charge >= 0.3 is 0 Å². The number of benzene rings is 1. The maximum Gasteiger partial charge on any atom is 0.256 e. The second-order valence-corrected chi connectivity index (χ2v) is 3.90. The summed E-state index contributed by atoms with van der Waals surface area (Å²) in [6.07, 6.45) is 0.526. The van der Waals surface area contributed by atoms with E-state index in [2.05, 4.69) is 5.32 Å². The van der Waals surface area contributed by atoms with Gasteiger partial charge < -0.3 is 10.2 Å². The van der Waals surface area contributed by atoms with Gasteiger partial charge in [-0.2, -0.15) is 10.5 Å². The lowest BCUT2D eigenvalue weighted by atomic mass is 10.1. The molecule has 0 aliphatic rings. The van der Waals surface area contributed by atoms with Gasteiger partial charge in [-0.15, -0.1) is 0 Å². The molecule has 0 saturated heterocycles. The number of nitrogens with zero attached hydrogens (tertiary/aromatic N) is 3. The van der Waals surface area contributed by atoms with E-state index in [1.807, 2.05) is 24.3 Å². The van der Waals surface area contributed by atoms with Crippen LogP contribution in [0.15, 0.2) is 24.3 Å². The number of rotatable bonds is 6. The SMILES string of the molecule is CNc1ccccc1C(=O)N(CCC#N)CCC#N. The van der Waals surface area contributed by atoms with E-state index >= 15 is 0 Å². The topological polar surface area (TPSA) is 79.9 Å². The van der Waals surface area contributed by atoms with Crippen molar-refractivity contribution in [3.63, 3.8) is 0 Å². The summed E-state index contributed by atoms with van der Waals surface area (Å²) in [6.45, 7) is 0.685. The smallest absolute Gasteiger partial charge is 0.256 e. The number of amides is 1. The van der Waals surface area contributed by atoms with Gasteiger partial charge in [0.1, 0.15) is 0 Å². The summed E-state index contributed by atoms with van der Waals surface area (Å²) in [7, 11) is 1.75. The van der Waals surface area contributed by atoms with Gasteiger partial charge in [0.05, 0.1) is 30.5 Å². The second-order valence-electron chi connectivity index (χ2n) is 3.90. The fraction of sp³-hybridized carbons (Fsp3) is 0.357. The summed E-state index contributed by atoms with van der Waals surface area (Å²) in [5, 5.41) is 20.2. The molecule has 1 rings (SSSR count). The van der Waals surface area contributed by atoms with E-state index in [1.165, 1.54) is 0 Å². The molecule has 0 unspecified atom stereocenters. The van der Waals surface area contributed by atoms with Crippen LogP contribution in [-0.2, 0) is 0 Å². The van der Waals surface area contributed by atoms with Crippen LogP contribution in [0.25, 0.3) is 0 Å². The highest BCUT2D eigenvalue weighted by Crippen LogP contribution is 2.17. The molecule has 0 spiro atoms. The van der Waals surface area contributed by atoms with Crippen LogP contribution in [0.3, 0.4) is 0 Å². The van der Waals surface area contributed by atoms with E-state index in [0.29, 0.717) is 18.7 Å². The summed E-state index contributed by atoms with van der Waals surface area (Å²) in [6, 6.07) is 11.2. The van der Waals surface area contributed by atoms with Gasteiger partial charge in [-0.05, 0) is 12.1 Å². The molecular weight excluding hydrogens is 240 g/mol. The number of nitrogens with one attached hydrogen (secondary N) is 1. The number of carbonyl (C=O) groups excluding carboxylic acids is 1. The van der Waals surface area contributed by atoms with Crippen molar-refractivity contribution in [2.45, 2.75) is 12.8 Å². The lowest BCUT2D eigenvalue weighted by Gasteiger charge is -2.21. The largest absolute Gasteiger partial charge is 0.387 e. The highest BCUT2D eigenvalue weighted by Gasteiger charge is 2.17. The minimum Gasteiger partial charge on any atom is -0.387 e. The number of anilines is 1. The maximum absolute atomic E-state index is 12.4. The third-order valence-corrected chi connectivity index (χ3v) is 2.70. The first-order valence-electron chi connectivity index (χ1n) is 6.04. The summed E-state index contributed by atoms with van der Waals surface area (Å²) in [4.78, 5) is 13.9. The molecular formula is C14H16N4O. The molecule has 1 N–H and O–H groups in total. The van der Waals surface area contributed by atoms with Crippen LogP contribution in [-0.4, -0.2) is 30.9 Å². The van der Waals surface area contributed by atoms with E-state index in [-0.39, 0.29) is 18.7 Å². The molecule has 98 valence electrons. The van der Waals surface area contributed by atoms with E-state index in [9.17, 15) is 4.79 Å². The standard InChI is InChI=1S/C14H16N4O/c1-17-13-7-3-2-6-12(13)14(19)18(10-4-8-15)11-5-9-16/h2-3,6-7,17H,4-5,10-11H2,1H3. The molecule has 0 atom stereocenters. The minimum atomic E-state index is -0.157. The zero-order valence-electron chi connectivity index (χ0n) is 10.9. The van der Waals surface area contributed by atoms with Crippen molar-refractivity contribution in [3.05, 3.63) is 29.8 Å². The molecule has 0 bridgehead atoms. The van der Waals surface area contributed by atoms with Crippen LogP contribution < -0.4 is 5.32 Å². The Bertz CT molecular complexity index is 495. The van der Waals surface area contributed by atoms with Crippen molar-refractivity contribution in [1.29, 1.82) is 10.5 Å². The molecule has 0 fully saturated rings. The van der Waals surface area contributed by atoms with Crippen molar-refractivity contribution in [1.82, 2.24) is 4.90 Å². The van der Waals surface area contributed by atoms with E-state index in [1.54, 1.807) is 24.1 Å². The first-order chi connectivity index (χ1) is 9.24. The molecule has 0 aromatic heterocycles. The Balaban J connectivity index is 2.91. The molecule has 5 heteroatoms. The van der Waals surface area contributed by atoms with Crippen molar-refractivity contribution >= 4 is 11.6 Å². The van der Waals surface area contributed by atoms with Crippen molar-refractivity contribution in [3.8, 4) is 12.1 Å². The zero-order chi connectivity index (χ0) is 14.1. The van der Waals surface area contributed by atoms with Gasteiger partial charge in [0.15, 0.2) is 0 Å². The minimum absolute atomic E-state index is 0.157. The first kappa shape index (κ1) is 14.5. The molecule has 1 aromatic rings. The van der Waals surface area contributed by atoms with Gasteiger partial charge in [0.2, 0.25) is 0 Å². The number of hydrogen-bond acceptors (Lipinski definition) is 4. The zero-order valence-corrected chi connectivity index (χ0v) is 10.9. The first-order valence-corrected chi connectivity index (χ1v) is 6.04. The summed E-state index contributed by atoms with van der Waals surface area (Å²) >= 11 is 0. The van der Waals surface area contributed by atoms with Gasteiger partial charge in [-0.25, -0.2) is 0 Å². The summed E-state index contributed by atoms with van der Waals surface area (Å²) in [5.74, 6) is -0.157. The van der Waals surface area contributed by atoms with Crippen molar-refractivity contribution < 1.29 is 4.79 Å². The molecule has 0 aliphatic carbocycles. The Morgan fingerprint density at radius 3 is 2.32 bits per heavy atom. The van der Waals surface area contributed by atoms with Crippen LogP contribution in [0.1, 0.15) is 23.2 Å². The Morgan fingerprint density at radius 2 is 1.79 bits per heavy atom. The number of carbonyl (C=O) groups is 1. The lowest BCUT2D eigenvalue weighted by Crippen LogP contribution is -2.33. The van der Waals surface area contributed by atoms with Crippen LogP contribution in [0, 0.1) is 22.7 Å². The highest BCUT2D eigenvalue weighted by atomic mass is 16.2. The Labute approximate surface area is 113 Å². The second kappa shape index (κ2) is 7.73. The van der Waals surface area contributed by atoms with Crippen molar-refractivity contribution in [2.75, 3.05) is 25.5 Å². The molecule has 5 nitrogen and oxygen atoms in total. The summed E-state index contributed by atoms with van der Waals surface area (Å²) in [5.41, 5.74) is 1.30. The van der Waals surface area contributed by atoms with Crippen LogP contribution in [0.2, 0.25) is 0 Å².